The van der Waals surface area contributed by atoms with Gasteiger partial charge in [-0.05, 0) is 34.1 Å². The minimum Gasteiger partial charge on any atom is -0.396 e. The molecule has 0 spiro atoms. The highest BCUT2D eigenvalue weighted by Gasteiger charge is 2.24. The molecule has 1 aromatic heterocycles. The predicted octanol–water partition coefficient (Wildman–Crippen LogP) is 0.685. The molecule has 0 saturated heterocycles. The van der Waals surface area contributed by atoms with E-state index in [0.717, 1.165) is 0 Å². The van der Waals surface area contributed by atoms with Crippen molar-refractivity contribution < 1.29 is 14.8 Å². The van der Waals surface area contributed by atoms with Crippen molar-refractivity contribution in [3.05, 3.63) is 21.5 Å². The standard InChI is InChI=1S/C12H20N4O4/c1-8-11(16(19)20)9(2)15(14-8)7-10(18)13-12(3,4)5-6-17/h17H,5-7H2,1-4H3,(H,13,18). The molecule has 0 aliphatic rings. The summed E-state index contributed by atoms with van der Waals surface area (Å²) >= 11 is 0. The molecule has 0 aliphatic carbocycles. The second kappa shape index (κ2) is 6.00. The predicted molar refractivity (Wildman–Crippen MR) is 72.3 cm³/mol. The summed E-state index contributed by atoms with van der Waals surface area (Å²) in [7, 11) is 0. The number of aryl methyl sites for hydroxylation is 1. The highest BCUT2D eigenvalue weighted by atomic mass is 16.6. The van der Waals surface area contributed by atoms with E-state index in [1.807, 2.05) is 0 Å². The molecular weight excluding hydrogens is 264 g/mol. The van der Waals surface area contributed by atoms with Crippen molar-refractivity contribution in [2.24, 2.45) is 0 Å². The van der Waals surface area contributed by atoms with Crippen LogP contribution < -0.4 is 5.32 Å². The number of carbonyl (C=O) groups is 1. The summed E-state index contributed by atoms with van der Waals surface area (Å²) in [5.41, 5.74) is 0.0402. The topological polar surface area (TPSA) is 110 Å². The third-order valence-electron chi connectivity index (χ3n) is 3.03. The molecule has 0 fully saturated rings. The van der Waals surface area contributed by atoms with Crippen LogP contribution in [0.2, 0.25) is 0 Å². The fourth-order valence-corrected chi connectivity index (χ4v) is 2.00. The SMILES string of the molecule is Cc1nn(CC(=O)NC(C)(C)CCO)c(C)c1[N+](=O)[O-]. The Morgan fingerprint density at radius 1 is 1.50 bits per heavy atom. The monoisotopic (exact) mass is 284 g/mol. The lowest BCUT2D eigenvalue weighted by atomic mass is 10.0. The van der Waals surface area contributed by atoms with Crippen molar-refractivity contribution in [1.29, 1.82) is 0 Å². The first-order valence-electron chi connectivity index (χ1n) is 6.28. The van der Waals surface area contributed by atoms with Gasteiger partial charge in [0.05, 0.1) is 4.92 Å². The molecule has 112 valence electrons. The number of amides is 1. The number of nitrogens with zero attached hydrogens (tertiary/aromatic N) is 3. The fraction of sp³-hybridized carbons (Fsp3) is 0.667. The molecule has 1 heterocycles. The Bertz CT molecular complexity index is 522. The molecule has 1 amide bonds. The number of hydrogen-bond acceptors (Lipinski definition) is 5. The van der Waals surface area contributed by atoms with Gasteiger partial charge in [0.2, 0.25) is 5.91 Å². The van der Waals surface area contributed by atoms with Crippen molar-refractivity contribution in [3.8, 4) is 0 Å². The maximum Gasteiger partial charge on any atom is 0.312 e. The number of nitrogens with one attached hydrogen (secondary N) is 1. The highest BCUT2D eigenvalue weighted by molar-refractivity contribution is 5.76. The normalized spacial score (nSPS) is 11.4. The third kappa shape index (κ3) is 3.77. The molecule has 8 nitrogen and oxygen atoms in total. The smallest absolute Gasteiger partial charge is 0.312 e. The van der Waals surface area contributed by atoms with Gasteiger partial charge >= 0.3 is 5.69 Å². The average molecular weight is 284 g/mol. The van der Waals surface area contributed by atoms with Gasteiger partial charge in [0.15, 0.2) is 0 Å². The lowest BCUT2D eigenvalue weighted by Gasteiger charge is -2.25. The molecule has 20 heavy (non-hydrogen) atoms. The molecular formula is C12H20N4O4. The third-order valence-corrected chi connectivity index (χ3v) is 3.03. The number of nitro groups is 1. The average Bonchev–Trinajstić information content (AvgIpc) is 2.52. The van der Waals surface area contributed by atoms with Crippen molar-refractivity contribution in [1.82, 2.24) is 15.1 Å². The zero-order chi connectivity index (χ0) is 15.5. The van der Waals surface area contributed by atoms with Crippen LogP contribution in [-0.2, 0) is 11.3 Å². The fourth-order valence-electron chi connectivity index (χ4n) is 2.00. The van der Waals surface area contributed by atoms with Crippen molar-refractivity contribution >= 4 is 11.6 Å². The summed E-state index contributed by atoms with van der Waals surface area (Å²) in [6.45, 7) is 6.57. The first-order chi connectivity index (χ1) is 9.18. The molecule has 2 N–H and O–H groups in total. The molecule has 1 rings (SSSR count). The minimum atomic E-state index is -0.534. The number of aliphatic hydroxyl groups excluding tert-OH is 1. The van der Waals surface area contributed by atoms with Gasteiger partial charge in [-0.3, -0.25) is 19.6 Å². The Balaban J connectivity index is 2.82. The van der Waals surface area contributed by atoms with Crippen molar-refractivity contribution in [3.63, 3.8) is 0 Å². The van der Waals surface area contributed by atoms with E-state index in [2.05, 4.69) is 10.4 Å². The van der Waals surface area contributed by atoms with E-state index in [-0.39, 0.29) is 30.4 Å². The van der Waals surface area contributed by atoms with E-state index >= 15 is 0 Å². The number of rotatable bonds is 6. The molecule has 0 unspecified atom stereocenters. The van der Waals surface area contributed by atoms with E-state index in [1.165, 1.54) is 11.6 Å². The van der Waals surface area contributed by atoms with Crippen LogP contribution in [0.3, 0.4) is 0 Å². The molecule has 0 aliphatic heterocycles. The maximum absolute atomic E-state index is 11.9. The first kappa shape index (κ1) is 16.1. The molecule has 0 aromatic carbocycles. The van der Waals surface area contributed by atoms with Gasteiger partial charge in [0, 0.05) is 12.1 Å². The molecule has 0 atom stereocenters. The second-order valence-corrected chi connectivity index (χ2v) is 5.34. The molecule has 8 heteroatoms. The van der Waals surface area contributed by atoms with Crippen LogP contribution >= 0.6 is 0 Å². The van der Waals surface area contributed by atoms with Crippen molar-refractivity contribution in [2.45, 2.75) is 46.2 Å². The lowest BCUT2D eigenvalue weighted by Crippen LogP contribution is -2.45. The lowest BCUT2D eigenvalue weighted by molar-refractivity contribution is -0.386. The van der Waals surface area contributed by atoms with E-state index in [1.54, 1.807) is 20.8 Å². The van der Waals surface area contributed by atoms with Crippen LogP contribution in [0.25, 0.3) is 0 Å². The number of carbonyl (C=O) groups excluding carboxylic acids is 1. The summed E-state index contributed by atoms with van der Waals surface area (Å²) in [4.78, 5) is 22.3. The van der Waals surface area contributed by atoms with E-state index in [9.17, 15) is 14.9 Å². The van der Waals surface area contributed by atoms with Gasteiger partial charge in [-0.25, -0.2) is 0 Å². The highest BCUT2D eigenvalue weighted by Crippen LogP contribution is 2.21. The molecule has 0 saturated carbocycles. The van der Waals surface area contributed by atoms with Crippen LogP contribution in [0, 0.1) is 24.0 Å². The van der Waals surface area contributed by atoms with Gasteiger partial charge in [0.1, 0.15) is 17.9 Å². The summed E-state index contributed by atoms with van der Waals surface area (Å²) in [6, 6.07) is 0. The number of aliphatic hydroxyl groups is 1. The second-order valence-electron chi connectivity index (χ2n) is 5.34. The van der Waals surface area contributed by atoms with E-state index < -0.39 is 10.5 Å². The Morgan fingerprint density at radius 2 is 2.10 bits per heavy atom. The van der Waals surface area contributed by atoms with Crippen LogP contribution in [-0.4, -0.2) is 37.9 Å². The zero-order valence-corrected chi connectivity index (χ0v) is 12.1. The Kier molecular flexibility index (Phi) is 4.83. The van der Waals surface area contributed by atoms with Crippen LogP contribution in [0.1, 0.15) is 31.7 Å². The minimum absolute atomic E-state index is 0.0291. The Hall–Kier alpha value is -1.96. The summed E-state index contributed by atoms with van der Waals surface area (Å²) in [5, 5.41) is 26.6. The van der Waals surface area contributed by atoms with Gasteiger partial charge in [-0.2, -0.15) is 5.10 Å². The molecule has 0 bridgehead atoms. The van der Waals surface area contributed by atoms with E-state index in [4.69, 9.17) is 5.11 Å². The van der Waals surface area contributed by atoms with Crippen LogP contribution in [0.5, 0.6) is 0 Å². The summed E-state index contributed by atoms with van der Waals surface area (Å²) in [5.74, 6) is -0.302. The van der Waals surface area contributed by atoms with Crippen molar-refractivity contribution in [2.75, 3.05) is 6.61 Å². The first-order valence-corrected chi connectivity index (χ1v) is 6.28. The maximum atomic E-state index is 11.9. The summed E-state index contributed by atoms with van der Waals surface area (Å²) in [6.07, 6.45) is 0.427. The van der Waals surface area contributed by atoms with Gasteiger partial charge in [0.25, 0.3) is 0 Å². The molecule has 1 aromatic rings. The Labute approximate surface area is 116 Å². The Morgan fingerprint density at radius 3 is 2.55 bits per heavy atom. The van der Waals surface area contributed by atoms with Gasteiger partial charge in [-0.15, -0.1) is 0 Å². The quantitative estimate of drug-likeness (QED) is 0.589. The van der Waals surface area contributed by atoms with Crippen LogP contribution in [0.15, 0.2) is 0 Å². The van der Waals surface area contributed by atoms with Gasteiger partial charge in [-0.1, -0.05) is 0 Å². The number of aromatic nitrogens is 2. The van der Waals surface area contributed by atoms with E-state index in [0.29, 0.717) is 12.1 Å². The van der Waals surface area contributed by atoms with Gasteiger partial charge < -0.3 is 10.4 Å². The zero-order valence-electron chi connectivity index (χ0n) is 12.1. The van der Waals surface area contributed by atoms with Crippen LogP contribution in [0.4, 0.5) is 5.69 Å². The summed E-state index contributed by atoms with van der Waals surface area (Å²) < 4.78 is 1.32. The largest absolute Gasteiger partial charge is 0.396 e. The molecule has 0 radical (unpaired) electrons. The number of hydrogen-bond donors (Lipinski definition) is 2.